The van der Waals surface area contributed by atoms with Crippen molar-refractivity contribution in [3.63, 3.8) is 0 Å². The van der Waals surface area contributed by atoms with Crippen molar-refractivity contribution < 1.29 is 5.11 Å². The van der Waals surface area contributed by atoms with Crippen molar-refractivity contribution in [3.05, 3.63) is 0 Å². The summed E-state index contributed by atoms with van der Waals surface area (Å²) in [7, 11) is 0. The molecule has 0 aliphatic heterocycles. The van der Waals surface area contributed by atoms with Gasteiger partial charge in [-0.15, -0.1) is 0 Å². The largest absolute Gasteiger partial charge is 0.379 e. The smallest absolute Gasteiger partial charge is 0.125 e. The van der Waals surface area contributed by atoms with Gasteiger partial charge in [-0.3, -0.25) is 0 Å². The first kappa shape index (κ1) is 2.74. The SMILES string of the molecule is O[C@H]1C#CC1. The highest BCUT2D eigenvalue weighted by Gasteiger charge is 1.99. The molecule has 26 valence electrons. The number of hydrogen-bond donors (Lipinski definition) is 1. The second kappa shape index (κ2) is 0.734. The van der Waals surface area contributed by atoms with Gasteiger partial charge in [0.25, 0.3) is 0 Å². The van der Waals surface area contributed by atoms with Crippen LogP contribution in [0.2, 0.25) is 0 Å². The highest BCUT2D eigenvalue weighted by atomic mass is 16.3. The summed E-state index contributed by atoms with van der Waals surface area (Å²) in [6, 6.07) is 0. The number of rotatable bonds is 0. The lowest BCUT2D eigenvalue weighted by Gasteiger charge is -2.00. The third-order valence-electron chi connectivity index (χ3n) is 0.564. The van der Waals surface area contributed by atoms with Crippen LogP contribution in [0.1, 0.15) is 6.42 Å². The molecule has 0 heterocycles. The second-order valence-corrected chi connectivity index (χ2v) is 1.04. The normalized spacial score (nSPS) is 30.2. The Morgan fingerprint density at radius 1 is 1.80 bits per heavy atom. The van der Waals surface area contributed by atoms with E-state index in [1.165, 1.54) is 0 Å². The van der Waals surface area contributed by atoms with Crippen LogP contribution in [-0.2, 0) is 0 Å². The van der Waals surface area contributed by atoms with Crippen LogP contribution in [0.3, 0.4) is 0 Å². The molecule has 0 unspecified atom stereocenters. The van der Waals surface area contributed by atoms with Crippen LogP contribution in [0.15, 0.2) is 0 Å². The van der Waals surface area contributed by atoms with E-state index in [-0.39, 0.29) is 6.10 Å². The van der Waals surface area contributed by atoms with Gasteiger partial charge in [-0.2, -0.15) is 0 Å². The molecule has 1 N–H and O–H groups in total. The summed E-state index contributed by atoms with van der Waals surface area (Å²) in [5.41, 5.74) is 0. The van der Waals surface area contributed by atoms with Crippen molar-refractivity contribution in [2.24, 2.45) is 0 Å². The molecule has 1 heteroatoms. The van der Waals surface area contributed by atoms with Gasteiger partial charge in [0.15, 0.2) is 0 Å². The van der Waals surface area contributed by atoms with E-state index in [1.54, 1.807) is 0 Å². The summed E-state index contributed by atoms with van der Waals surface area (Å²) >= 11 is 0. The van der Waals surface area contributed by atoms with Gasteiger partial charge in [-0.05, 0) is 0 Å². The standard InChI is InChI=1S/C4H4O/c5-4-2-1-3-4/h4-5H,2H2/t4-/m1/s1. The van der Waals surface area contributed by atoms with Crippen molar-refractivity contribution in [3.8, 4) is 11.8 Å². The van der Waals surface area contributed by atoms with Crippen molar-refractivity contribution >= 4 is 0 Å². The van der Waals surface area contributed by atoms with E-state index in [0.717, 1.165) is 0 Å². The van der Waals surface area contributed by atoms with E-state index >= 15 is 0 Å². The van der Waals surface area contributed by atoms with Crippen LogP contribution in [-0.4, -0.2) is 11.2 Å². The number of aliphatic hydroxyl groups excluding tert-OH is 1. The van der Waals surface area contributed by atoms with Crippen LogP contribution in [0.5, 0.6) is 0 Å². The minimum atomic E-state index is -0.296. The second-order valence-electron chi connectivity index (χ2n) is 1.04. The minimum Gasteiger partial charge on any atom is -0.379 e. The van der Waals surface area contributed by atoms with Crippen LogP contribution in [0.4, 0.5) is 0 Å². The molecular weight excluding hydrogens is 64.0 g/mol. The van der Waals surface area contributed by atoms with Gasteiger partial charge in [0.2, 0.25) is 0 Å². The van der Waals surface area contributed by atoms with Gasteiger partial charge in [-0.1, -0.05) is 11.8 Å². The number of aliphatic hydroxyl groups is 1. The van der Waals surface area contributed by atoms with Crippen molar-refractivity contribution in [2.75, 3.05) is 0 Å². The monoisotopic (exact) mass is 68.0 g/mol. The van der Waals surface area contributed by atoms with Crippen LogP contribution < -0.4 is 0 Å². The molecule has 5 heavy (non-hydrogen) atoms. The third-order valence-corrected chi connectivity index (χ3v) is 0.564. The molecule has 1 aliphatic rings. The maximum absolute atomic E-state index is 8.27. The van der Waals surface area contributed by atoms with Crippen molar-refractivity contribution in [1.29, 1.82) is 0 Å². The molecule has 1 aliphatic carbocycles. The molecule has 0 bridgehead atoms. The Kier molecular flexibility index (Phi) is 0.402. The van der Waals surface area contributed by atoms with Gasteiger partial charge in [0.05, 0.1) is 0 Å². The fraction of sp³-hybridized carbons (Fsp3) is 0.500. The Bertz CT molecular complexity index is 85.6. The minimum absolute atomic E-state index is 0.296. The van der Waals surface area contributed by atoms with Gasteiger partial charge >= 0.3 is 0 Å². The first-order chi connectivity index (χ1) is 2.39. The maximum atomic E-state index is 8.27. The van der Waals surface area contributed by atoms with Crippen LogP contribution >= 0.6 is 0 Å². The maximum Gasteiger partial charge on any atom is 0.125 e. The zero-order valence-electron chi connectivity index (χ0n) is 2.73. The molecule has 1 nitrogen and oxygen atoms in total. The predicted octanol–water partition coefficient (Wildman–Crippen LogP) is -0.246. The zero-order valence-corrected chi connectivity index (χ0v) is 2.73. The van der Waals surface area contributed by atoms with Crippen LogP contribution in [0, 0.1) is 11.8 Å². The predicted molar refractivity (Wildman–Crippen MR) is 18.4 cm³/mol. The summed E-state index contributed by atoms with van der Waals surface area (Å²) in [5, 5.41) is 8.27. The van der Waals surface area contributed by atoms with Crippen LogP contribution in [0.25, 0.3) is 0 Å². The Labute approximate surface area is 30.6 Å². The first-order valence-electron chi connectivity index (χ1n) is 1.56. The Morgan fingerprint density at radius 3 is 2.20 bits per heavy atom. The Hall–Kier alpha value is -0.480. The highest BCUT2D eigenvalue weighted by Crippen LogP contribution is 1.94. The summed E-state index contributed by atoms with van der Waals surface area (Å²) in [5.74, 6) is 5.17. The fourth-order valence-electron chi connectivity index (χ4n) is 0.193. The molecule has 0 aromatic carbocycles. The molecule has 0 radical (unpaired) electrons. The fourth-order valence-corrected chi connectivity index (χ4v) is 0.193. The van der Waals surface area contributed by atoms with E-state index in [9.17, 15) is 0 Å². The molecule has 0 amide bonds. The molecule has 0 saturated heterocycles. The molecule has 0 spiro atoms. The van der Waals surface area contributed by atoms with Gasteiger partial charge < -0.3 is 5.11 Å². The lowest BCUT2D eigenvalue weighted by atomic mass is 10.1. The Morgan fingerprint density at radius 2 is 2.20 bits per heavy atom. The van der Waals surface area contributed by atoms with Crippen molar-refractivity contribution in [2.45, 2.75) is 12.5 Å². The van der Waals surface area contributed by atoms with E-state index in [1.807, 2.05) is 0 Å². The van der Waals surface area contributed by atoms with E-state index in [2.05, 4.69) is 11.8 Å². The molecule has 0 aromatic heterocycles. The molecule has 0 saturated carbocycles. The van der Waals surface area contributed by atoms with E-state index < -0.39 is 0 Å². The summed E-state index contributed by atoms with van der Waals surface area (Å²) in [6.07, 6.45) is 0.384. The molecule has 0 aromatic rings. The highest BCUT2D eigenvalue weighted by molar-refractivity contribution is 5.17. The topological polar surface area (TPSA) is 20.2 Å². The summed E-state index contributed by atoms with van der Waals surface area (Å²) in [6.45, 7) is 0. The first-order valence-corrected chi connectivity index (χ1v) is 1.56. The summed E-state index contributed by atoms with van der Waals surface area (Å²) < 4.78 is 0. The van der Waals surface area contributed by atoms with Gasteiger partial charge in [-0.25, -0.2) is 0 Å². The molecule has 1 atom stereocenters. The quantitative estimate of drug-likeness (QED) is 0.388. The Balaban J connectivity index is 2.52. The number of hydrogen-bond acceptors (Lipinski definition) is 1. The summed E-state index contributed by atoms with van der Waals surface area (Å²) in [4.78, 5) is 0. The van der Waals surface area contributed by atoms with E-state index in [4.69, 9.17) is 5.11 Å². The third kappa shape index (κ3) is 0.267. The average Bonchev–Trinajstić information content (AvgIpc) is 1.30. The molecule has 0 fully saturated rings. The zero-order chi connectivity index (χ0) is 3.70. The van der Waals surface area contributed by atoms with Gasteiger partial charge in [0.1, 0.15) is 6.10 Å². The lowest BCUT2D eigenvalue weighted by molar-refractivity contribution is 0.228. The lowest BCUT2D eigenvalue weighted by Crippen LogP contribution is -2.07. The van der Waals surface area contributed by atoms with Crippen molar-refractivity contribution in [1.82, 2.24) is 0 Å². The van der Waals surface area contributed by atoms with Gasteiger partial charge in [0, 0.05) is 6.42 Å². The average molecular weight is 68.1 g/mol. The molecular formula is C4H4O. The molecule has 1 rings (SSSR count). The van der Waals surface area contributed by atoms with E-state index in [0.29, 0.717) is 6.42 Å².